The quantitative estimate of drug-likeness (QED) is 0.541. The number of hydrogen-bond acceptors (Lipinski definition) is 2. The second kappa shape index (κ2) is 6.55. The van der Waals surface area contributed by atoms with Crippen molar-refractivity contribution in [1.82, 2.24) is 0 Å². The molecule has 0 unspecified atom stereocenters. The lowest BCUT2D eigenvalue weighted by atomic mass is 10.1. The van der Waals surface area contributed by atoms with Crippen molar-refractivity contribution in [3.63, 3.8) is 0 Å². The molecule has 2 aromatic rings. The number of nitrogens with zero attached hydrogens (tertiary/aromatic N) is 1. The van der Waals surface area contributed by atoms with Crippen LogP contribution in [0.3, 0.4) is 0 Å². The summed E-state index contributed by atoms with van der Waals surface area (Å²) in [5.41, 5.74) is 2.81. The van der Waals surface area contributed by atoms with Gasteiger partial charge in [0.05, 0.1) is 11.8 Å². The van der Waals surface area contributed by atoms with Crippen molar-refractivity contribution in [3.05, 3.63) is 53.0 Å². The monoisotopic (exact) mass is 297 g/mol. The number of rotatable bonds is 4. The number of ketones is 1. The normalized spacial score (nSPS) is 9.50. The van der Waals surface area contributed by atoms with Crippen molar-refractivity contribution in [3.8, 4) is 0 Å². The molecule has 0 amide bonds. The lowest BCUT2D eigenvalue weighted by Gasteiger charge is -1.96. The van der Waals surface area contributed by atoms with Gasteiger partial charge in [-0.3, -0.25) is 4.79 Å². The van der Waals surface area contributed by atoms with E-state index in [1.54, 1.807) is 11.3 Å². The minimum Gasteiger partial charge on any atom is -1.00 e. The molecule has 0 aliphatic carbocycles. The molecule has 1 aromatic carbocycles. The number of benzene rings is 1. The summed E-state index contributed by atoms with van der Waals surface area (Å²) in [7, 11) is 0. The summed E-state index contributed by atoms with van der Waals surface area (Å²) in [5.74, 6) is 0.203. The summed E-state index contributed by atoms with van der Waals surface area (Å²) < 4.78 is 2.03. The van der Waals surface area contributed by atoms with Gasteiger partial charge >= 0.3 is 0 Å². The summed E-state index contributed by atoms with van der Waals surface area (Å²) in [6.45, 7) is 0.761. The van der Waals surface area contributed by atoms with E-state index in [0.29, 0.717) is 6.42 Å². The van der Waals surface area contributed by atoms with Crippen LogP contribution >= 0.6 is 11.3 Å². The molecule has 0 radical (unpaired) electrons. The Bertz CT molecular complexity index is 428. The fourth-order valence-electron chi connectivity index (χ4n) is 1.39. The number of carbonyl (C=O) groups excluding carboxylic acids is 1. The topological polar surface area (TPSA) is 20.9 Å². The third-order valence-electron chi connectivity index (χ3n) is 2.22. The van der Waals surface area contributed by atoms with Gasteiger partial charge in [0.2, 0.25) is 5.51 Å². The third-order valence-corrected chi connectivity index (χ3v) is 2.89. The second-order valence-electron chi connectivity index (χ2n) is 3.30. The highest BCUT2D eigenvalue weighted by Crippen LogP contribution is 2.02. The Morgan fingerprint density at radius 3 is 2.62 bits per heavy atom. The Morgan fingerprint density at radius 2 is 2.00 bits per heavy atom. The molecule has 0 bridgehead atoms. The van der Waals surface area contributed by atoms with E-state index in [4.69, 9.17) is 0 Å². The van der Waals surface area contributed by atoms with E-state index in [9.17, 15) is 4.79 Å². The fraction of sp³-hybridized carbons (Fsp3) is 0.167. The maximum Gasteiger partial charge on any atom is 0.224 e. The molecule has 4 heteroatoms. The third kappa shape index (κ3) is 3.54. The zero-order chi connectivity index (χ0) is 10.5. The van der Waals surface area contributed by atoms with E-state index in [1.807, 2.05) is 52.0 Å². The molecule has 0 saturated carbocycles. The van der Waals surface area contributed by atoms with Crippen LogP contribution in [0.25, 0.3) is 0 Å². The van der Waals surface area contributed by atoms with Crippen LogP contribution in [0.15, 0.2) is 47.4 Å². The molecule has 16 heavy (non-hydrogen) atoms. The first kappa shape index (κ1) is 13.1. The van der Waals surface area contributed by atoms with Crippen LogP contribution in [-0.2, 0) is 6.54 Å². The number of carbonyl (C=O) groups is 1. The van der Waals surface area contributed by atoms with Gasteiger partial charge in [-0.1, -0.05) is 41.7 Å². The lowest BCUT2D eigenvalue weighted by Crippen LogP contribution is -3.00. The summed E-state index contributed by atoms with van der Waals surface area (Å²) in [5, 5.41) is 2.01. The van der Waals surface area contributed by atoms with Crippen LogP contribution in [0.1, 0.15) is 16.8 Å². The van der Waals surface area contributed by atoms with E-state index >= 15 is 0 Å². The molecule has 2 nitrogen and oxygen atoms in total. The maximum atomic E-state index is 11.7. The number of hydrogen-bond donors (Lipinski definition) is 0. The highest BCUT2D eigenvalue weighted by molar-refractivity contribution is 7.07. The number of thiazole rings is 1. The molecule has 0 N–H and O–H groups in total. The average molecular weight is 298 g/mol. The zero-order valence-electron chi connectivity index (χ0n) is 8.67. The summed E-state index contributed by atoms with van der Waals surface area (Å²) >= 11 is 1.64. The summed E-state index contributed by atoms with van der Waals surface area (Å²) in [6, 6.07) is 9.43. The van der Waals surface area contributed by atoms with Crippen LogP contribution in [-0.4, -0.2) is 5.78 Å². The zero-order valence-corrected chi connectivity index (χ0v) is 11.1. The summed E-state index contributed by atoms with van der Waals surface area (Å²) in [4.78, 5) is 11.7. The average Bonchev–Trinajstić information content (AvgIpc) is 2.80. The standard InChI is InChI=1S/C12H12NOS.BrH/c14-12(11-4-2-1-3-5-11)6-7-13-8-9-15-10-13;/h1-5,8-10H,6-7H2;1H/q+1;/p-1. The van der Waals surface area contributed by atoms with Crippen molar-refractivity contribution in [2.24, 2.45) is 0 Å². The van der Waals surface area contributed by atoms with Crippen molar-refractivity contribution >= 4 is 17.1 Å². The highest BCUT2D eigenvalue weighted by atomic mass is 79.9. The first-order valence-corrected chi connectivity index (χ1v) is 5.80. The van der Waals surface area contributed by atoms with Gasteiger partial charge in [0.15, 0.2) is 18.5 Å². The Balaban J connectivity index is 0.00000128. The molecule has 0 aliphatic heterocycles. The number of aryl methyl sites for hydroxylation is 1. The van der Waals surface area contributed by atoms with Gasteiger partial charge in [0, 0.05) is 5.56 Å². The predicted octanol–water partition coefficient (Wildman–Crippen LogP) is -0.687. The van der Waals surface area contributed by atoms with Gasteiger partial charge < -0.3 is 17.0 Å². The second-order valence-corrected chi connectivity index (χ2v) is 4.06. The first-order valence-electron chi connectivity index (χ1n) is 4.86. The van der Waals surface area contributed by atoms with E-state index in [0.717, 1.165) is 12.1 Å². The van der Waals surface area contributed by atoms with Gasteiger partial charge in [-0.2, -0.15) is 4.57 Å². The van der Waals surface area contributed by atoms with Gasteiger partial charge in [-0.25, -0.2) is 0 Å². The van der Waals surface area contributed by atoms with Crippen molar-refractivity contribution < 1.29 is 26.3 Å². The predicted molar refractivity (Wildman–Crippen MR) is 59.9 cm³/mol. The van der Waals surface area contributed by atoms with Crippen LogP contribution < -0.4 is 21.5 Å². The van der Waals surface area contributed by atoms with Crippen LogP contribution in [0.4, 0.5) is 0 Å². The SMILES string of the molecule is O=C(CC[n+]1ccsc1)c1ccccc1.[Br-]. The molecule has 2 rings (SSSR count). The molecule has 1 heterocycles. The Kier molecular flexibility index (Phi) is 5.35. The molecule has 1 aromatic heterocycles. The minimum atomic E-state index is 0. The van der Waals surface area contributed by atoms with Gasteiger partial charge in [0.1, 0.15) is 0 Å². The lowest BCUT2D eigenvalue weighted by molar-refractivity contribution is -0.690. The molecule has 84 valence electrons. The highest BCUT2D eigenvalue weighted by Gasteiger charge is 2.08. The molecule has 0 atom stereocenters. The largest absolute Gasteiger partial charge is 1.00 e. The molecular weight excluding hydrogens is 286 g/mol. The van der Waals surface area contributed by atoms with Crippen molar-refractivity contribution in [1.29, 1.82) is 0 Å². The number of aromatic nitrogens is 1. The van der Waals surface area contributed by atoms with E-state index < -0.39 is 0 Å². The smallest absolute Gasteiger partial charge is 0.224 e. The Morgan fingerprint density at radius 1 is 1.25 bits per heavy atom. The Labute approximate surface area is 109 Å². The molecular formula is C12H12BrNOS. The summed E-state index contributed by atoms with van der Waals surface area (Å²) in [6.07, 6.45) is 2.55. The van der Waals surface area contributed by atoms with E-state index in [2.05, 4.69) is 0 Å². The van der Waals surface area contributed by atoms with Crippen LogP contribution in [0.2, 0.25) is 0 Å². The van der Waals surface area contributed by atoms with Crippen molar-refractivity contribution in [2.45, 2.75) is 13.0 Å². The van der Waals surface area contributed by atoms with E-state index in [-0.39, 0.29) is 22.8 Å². The fourth-order valence-corrected chi connectivity index (χ4v) is 2.02. The minimum absolute atomic E-state index is 0. The van der Waals surface area contributed by atoms with Gasteiger partial charge in [-0.05, 0) is 0 Å². The molecule has 0 spiro atoms. The van der Waals surface area contributed by atoms with Crippen molar-refractivity contribution in [2.75, 3.05) is 0 Å². The van der Waals surface area contributed by atoms with Gasteiger partial charge in [-0.15, -0.1) is 0 Å². The molecule has 0 saturated heterocycles. The van der Waals surface area contributed by atoms with Gasteiger partial charge in [0.25, 0.3) is 0 Å². The number of Topliss-reactive ketones (excluding diaryl/α,β-unsaturated/α-hetero) is 1. The molecule has 0 aliphatic rings. The van der Waals surface area contributed by atoms with Crippen LogP contribution in [0.5, 0.6) is 0 Å². The first-order chi connectivity index (χ1) is 7.36. The Hall–Kier alpha value is -1.00. The van der Waals surface area contributed by atoms with E-state index in [1.165, 1.54) is 0 Å². The number of halogens is 1. The maximum absolute atomic E-state index is 11.7. The van der Waals surface area contributed by atoms with Crippen LogP contribution in [0, 0.1) is 0 Å². The molecule has 0 fully saturated rings.